The zero-order chi connectivity index (χ0) is 12.3. The molecule has 2 fully saturated rings. The van der Waals surface area contributed by atoms with Gasteiger partial charge in [-0.15, -0.1) is 0 Å². The van der Waals surface area contributed by atoms with Gasteiger partial charge in [0, 0.05) is 25.8 Å². The van der Waals surface area contributed by atoms with Gasteiger partial charge in [0.15, 0.2) is 0 Å². The minimum atomic E-state index is 0.533. The molecule has 3 nitrogen and oxygen atoms in total. The van der Waals surface area contributed by atoms with Gasteiger partial charge in [-0.25, -0.2) is 0 Å². The molecule has 3 heteroatoms. The molecular formula is C14H28N2O. The number of hydrogen-bond donors (Lipinski definition) is 1. The summed E-state index contributed by atoms with van der Waals surface area (Å²) in [5.74, 6) is 0.759. The van der Waals surface area contributed by atoms with E-state index in [2.05, 4.69) is 18.7 Å². The molecule has 2 heterocycles. The van der Waals surface area contributed by atoms with E-state index in [0.717, 1.165) is 25.7 Å². The number of rotatable bonds is 3. The fraction of sp³-hybridized carbons (Fsp3) is 1.00. The summed E-state index contributed by atoms with van der Waals surface area (Å²) in [6.07, 6.45) is 5.02. The van der Waals surface area contributed by atoms with Gasteiger partial charge in [-0.2, -0.15) is 0 Å². The molecule has 100 valence electrons. The maximum atomic E-state index is 6.02. The third-order valence-corrected chi connectivity index (χ3v) is 4.67. The van der Waals surface area contributed by atoms with Gasteiger partial charge in [0.25, 0.3) is 0 Å². The Hall–Kier alpha value is -0.120. The first-order valence-corrected chi connectivity index (χ1v) is 7.14. The number of piperidine rings is 1. The van der Waals surface area contributed by atoms with Gasteiger partial charge in [0.05, 0.1) is 0 Å². The van der Waals surface area contributed by atoms with Gasteiger partial charge in [0.1, 0.15) is 0 Å². The predicted molar refractivity (Wildman–Crippen MR) is 71.0 cm³/mol. The quantitative estimate of drug-likeness (QED) is 0.818. The van der Waals surface area contributed by atoms with E-state index in [4.69, 9.17) is 10.5 Å². The van der Waals surface area contributed by atoms with E-state index in [-0.39, 0.29) is 0 Å². The highest BCUT2D eigenvalue weighted by Gasteiger charge is 2.33. The van der Waals surface area contributed by atoms with E-state index in [0.29, 0.717) is 11.5 Å². The SMILES string of the molecule is CC1(C)CCN(C(CN)C2CCOCC2)CC1. The summed E-state index contributed by atoms with van der Waals surface area (Å²) in [4.78, 5) is 2.64. The molecule has 1 unspecified atom stereocenters. The molecule has 0 amide bonds. The summed E-state index contributed by atoms with van der Waals surface area (Å²) in [6, 6.07) is 0.593. The second-order valence-corrected chi connectivity index (χ2v) is 6.45. The standard InChI is InChI=1S/C14H28N2O/c1-14(2)5-7-16(8-6-14)13(11-15)12-3-9-17-10-4-12/h12-13H,3-11,15H2,1-2H3. The first-order chi connectivity index (χ1) is 8.12. The molecular weight excluding hydrogens is 212 g/mol. The Morgan fingerprint density at radius 1 is 1.24 bits per heavy atom. The normalized spacial score (nSPS) is 29.1. The van der Waals surface area contributed by atoms with Gasteiger partial charge in [-0.1, -0.05) is 13.8 Å². The zero-order valence-corrected chi connectivity index (χ0v) is 11.5. The lowest BCUT2D eigenvalue weighted by molar-refractivity contribution is 0.0102. The topological polar surface area (TPSA) is 38.5 Å². The number of ether oxygens (including phenoxy) is 1. The summed E-state index contributed by atoms with van der Waals surface area (Å²) >= 11 is 0. The van der Waals surface area contributed by atoms with Crippen LogP contribution in [0, 0.1) is 11.3 Å². The molecule has 0 bridgehead atoms. The van der Waals surface area contributed by atoms with Crippen LogP contribution in [0.15, 0.2) is 0 Å². The average molecular weight is 240 g/mol. The van der Waals surface area contributed by atoms with Crippen molar-refractivity contribution >= 4 is 0 Å². The van der Waals surface area contributed by atoms with Crippen molar-refractivity contribution in [2.24, 2.45) is 17.1 Å². The Morgan fingerprint density at radius 3 is 2.35 bits per heavy atom. The highest BCUT2D eigenvalue weighted by Crippen LogP contribution is 2.32. The maximum absolute atomic E-state index is 6.02. The summed E-state index contributed by atoms with van der Waals surface area (Å²) in [7, 11) is 0. The van der Waals surface area contributed by atoms with E-state index < -0.39 is 0 Å². The molecule has 1 atom stereocenters. The van der Waals surface area contributed by atoms with E-state index in [1.54, 1.807) is 0 Å². The Kier molecular flexibility index (Phi) is 4.45. The first kappa shape index (κ1) is 13.3. The van der Waals surface area contributed by atoms with Crippen molar-refractivity contribution < 1.29 is 4.74 Å². The largest absolute Gasteiger partial charge is 0.381 e. The molecule has 2 aliphatic rings. The average Bonchev–Trinajstić information content (AvgIpc) is 2.33. The summed E-state index contributed by atoms with van der Waals surface area (Å²) in [6.45, 7) is 9.90. The molecule has 0 aromatic rings. The van der Waals surface area contributed by atoms with Crippen molar-refractivity contribution in [2.45, 2.75) is 45.6 Å². The Morgan fingerprint density at radius 2 is 1.82 bits per heavy atom. The van der Waals surface area contributed by atoms with E-state index in [1.165, 1.54) is 38.8 Å². The smallest absolute Gasteiger partial charge is 0.0469 e. The van der Waals surface area contributed by atoms with E-state index in [9.17, 15) is 0 Å². The van der Waals surface area contributed by atoms with Crippen LogP contribution < -0.4 is 5.73 Å². The molecule has 2 N–H and O–H groups in total. The van der Waals surface area contributed by atoms with E-state index >= 15 is 0 Å². The van der Waals surface area contributed by atoms with Crippen LogP contribution in [-0.4, -0.2) is 43.8 Å². The molecule has 0 aromatic heterocycles. The van der Waals surface area contributed by atoms with Crippen LogP contribution in [0.5, 0.6) is 0 Å². The van der Waals surface area contributed by atoms with Gasteiger partial charge < -0.3 is 10.5 Å². The van der Waals surface area contributed by atoms with Gasteiger partial charge in [-0.3, -0.25) is 4.90 Å². The van der Waals surface area contributed by atoms with Crippen molar-refractivity contribution in [3.05, 3.63) is 0 Å². The fourth-order valence-corrected chi connectivity index (χ4v) is 3.20. The van der Waals surface area contributed by atoms with Crippen LogP contribution >= 0.6 is 0 Å². The van der Waals surface area contributed by atoms with Crippen LogP contribution in [-0.2, 0) is 4.74 Å². The van der Waals surface area contributed by atoms with Crippen molar-refractivity contribution in [1.82, 2.24) is 4.90 Å². The minimum Gasteiger partial charge on any atom is -0.381 e. The highest BCUT2D eigenvalue weighted by molar-refractivity contribution is 4.87. The number of hydrogen-bond acceptors (Lipinski definition) is 3. The number of nitrogens with zero attached hydrogens (tertiary/aromatic N) is 1. The van der Waals surface area contributed by atoms with E-state index in [1.807, 2.05) is 0 Å². The van der Waals surface area contributed by atoms with Gasteiger partial charge >= 0.3 is 0 Å². The molecule has 0 aliphatic carbocycles. The molecule has 2 aliphatic heterocycles. The lowest BCUT2D eigenvalue weighted by Gasteiger charge is -2.44. The lowest BCUT2D eigenvalue weighted by Crippen LogP contribution is -2.51. The lowest BCUT2D eigenvalue weighted by atomic mass is 9.81. The third-order valence-electron chi connectivity index (χ3n) is 4.67. The van der Waals surface area contributed by atoms with Crippen molar-refractivity contribution in [3.8, 4) is 0 Å². The van der Waals surface area contributed by atoms with Crippen molar-refractivity contribution in [2.75, 3.05) is 32.8 Å². The maximum Gasteiger partial charge on any atom is 0.0469 e. The van der Waals surface area contributed by atoms with Crippen LogP contribution in [0.25, 0.3) is 0 Å². The van der Waals surface area contributed by atoms with Crippen molar-refractivity contribution in [1.29, 1.82) is 0 Å². The summed E-state index contributed by atoms with van der Waals surface area (Å²) in [5, 5.41) is 0. The second-order valence-electron chi connectivity index (χ2n) is 6.45. The number of likely N-dealkylation sites (tertiary alicyclic amines) is 1. The minimum absolute atomic E-state index is 0.533. The third kappa shape index (κ3) is 3.43. The van der Waals surface area contributed by atoms with Crippen LogP contribution in [0.4, 0.5) is 0 Å². The number of nitrogens with two attached hydrogens (primary N) is 1. The molecule has 0 saturated carbocycles. The Bertz CT molecular complexity index is 226. The molecule has 2 saturated heterocycles. The van der Waals surface area contributed by atoms with Crippen LogP contribution in [0.1, 0.15) is 39.5 Å². The Labute approximate surface area is 106 Å². The molecule has 0 aromatic carbocycles. The fourth-order valence-electron chi connectivity index (χ4n) is 3.20. The molecule has 0 spiro atoms. The Balaban J connectivity index is 1.89. The monoisotopic (exact) mass is 240 g/mol. The van der Waals surface area contributed by atoms with Crippen molar-refractivity contribution in [3.63, 3.8) is 0 Å². The van der Waals surface area contributed by atoms with Gasteiger partial charge in [0.2, 0.25) is 0 Å². The van der Waals surface area contributed by atoms with Gasteiger partial charge in [-0.05, 0) is 50.1 Å². The molecule has 17 heavy (non-hydrogen) atoms. The summed E-state index contributed by atoms with van der Waals surface area (Å²) < 4.78 is 5.46. The predicted octanol–water partition coefficient (Wildman–Crippen LogP) is 1.86. The zero-order valence-electron chi connectivity index (χ0n) is 11.5. The highest BCUT2D eigenvalue weighted by atomic mass is 16.5. The summed E-state index contributed by atoms with van der Waals surface area (Å²) in [5.41, 5.74) is 6.55. The molecule has 2 rings (SSSR count). The second kappa shape index (κ2) is 5.68. The molecule has 0 radical (unpaired) electrons. The van der Waals surface area contributed by atoms with Crippen LogP contribution in [0.2, 0.25) is 0 Å². The van der Waals surface area contributed by atoms with Crippen LogP contribution in [0.3, 0.4) is 0 Å². The first-order valence-electron chi connectivity index (χ1n) is 7.14.